The quantitative estimate of drug-likeness (QED) is 0.754. The molecule has 0 aromatic heterocycles. The van der Waals surface area contributed by atoms with E-state index in [0.29, 0.717) is 5.56 Å². The van der Waals surface area contributed by atoms with Gasteiger partial charge in [-0.1, -0.05) is 12.1 Å². The lowest BCUT2D eigenvalue weighted by molar-refractivity contribution is -0.137. The van der Waals surface area contributed by atoms with Crippen molar-refractivity contribution in [2.75, 3.05) is 13.1 Å². The first kappa shape index (κ1) is 13.6. The zero-order valence-electron chi connectivity index (χ0n) is 10.3. The molecule has 19 heavy (non-hydrogen) atoms. The second-order valence-electron chi connectivity index (χ2n) is 4.49. The SMILES string of the molecule is O=C(C=Cc1ccc(C(F)(F)F)cc1)N1CCCC1. The van der Waals surface area contributed by atoms with E-state index >= 15 is 0 Å². The number of likely N-dealkylation sites (tertiary alicyclic amines) is 1. The molecule has 2 nitrogen and oxygen atoms in total. The van der Waals surface area contributed by atoms with Gasteiger partial charge in [-0.25, -0.2) is 0 Å². The summed E-state index contributed by atoms with van der Waals surface area (Å²) in [6, 6.07) is 4.74. The molecule has 0 atom stereocenters. The van der Waals surface area contributed by atoms with Crippen molar-refractivity contribution in [1.29, 1.82) is 0 Å². The molecule has 1 amide bonds. The summed E-state index contributed by atoms with van der Waals surface area (Å²) in [5.74, 6) is -0.0857. The van der Waals surface area contributed by atoms with Crippen LogP contribution in [0.4, 0.5) is 13.2 Å². The van der Waals surface area contributed by atoms with Crippen LogP contribution in [0.2, 0.25) is 0 Å². The van der Waals surface area contributed by atoms with E-state index in [1.54, 1.807) is 11.0 Å². The predicted molar refractivity (Wildman–Crippen MR) is 66.3 cm³/mol. The summed E-state index contributed by atoms with van der Waals surface area (Å²) in [4.78, 5) is 13.4. The van der Waals surface area contributed by atoms with Crippen molar-refractivity contribution < 1.29 is 18.0 Å². The molecule has 1 aliphatic rings. The normalized spacial score (nSPS) is 16.3. The lowest BCUT2D eigenvalue weighted by Crippen LogP contribution is -2.25. The fourth-order valence-electron chi connectivity index (χ4n) is 1.99. The Morgan fingerprint density at radius 3 is 2.21 bits per heavy atom. The highest BCUT2D eigenvalue weighted by molar-refractivity contribution is 5.91. The van der Waals surface area contributed by atoms with Gasteiger partial charge in [-0.2, -0.15) is 13.2 Å². The van der Waals surface area contributed by atoms with E-state index in [9.17, 15) is 18.0 Å². The van der Waals surface area contributed by atoms with Crippen molar-refractivity contribution in [2.45, 2.75) is 19.0 Å². The summed E-state index contributed by atoms with van der Waals surface area (Å²) in [6.07, 6.45) is 0.655. The zero-order valence-corrected chi connectivity index (χ0v) is 10.3. The summed E-state index contributed by atoms with van der Waals surface area (Å²) in [7, 11) is 0. The molecule has 102 valence electrons. The molecule has 1 fully saturated rings. The Morgan fingerprint density at radius 2 is 1.68 bits per heavy atom. The minimum atomic E-state index is -4.33. The minimum Gasteiger partial charge on any atom is -0.339 e. The lowest BCUT2D eigenvalue weighted by Gasteiger charge is -2.11. The first-order valence-electron chi connectivity index (χ1n) is 6.11. The Morgan fingerprint density at radius 1 is 1.11 bits per heavy atom. The van der Waals surface area contributed by atoms with Gasteiger partial charge in [-0.05, 0) is 36.6 Å². The first-order chi connectivity index (χ1) is 8.97. The summed E-state index contributed by atoms with van der Waals surface area (Å²) >= 11 is 0. The van der Waals surface area contributed by atoms with Crippen LogP contribution >= 0.6 is 0 Å². The van der Waals surface area contributed by atoms with E-state index < -0.39 is 11.7 Å². The highest BCUT2D eigenvalue weighted by Crippen LogP contribution is 2.29. The van der Waals surface area contributed by atoms with Gasteiger partial charge < -0.3 is 4.90 Å². The van der Waals surface area contributed by atoms with Gasteiger partial charge in [-0.3, -0.25) is 4.79 Å². The number of alkyl halides is 3. The van der Waals surface area contributed by atoms with Crippen LogP contribution in [-0.4, -0.2) is 23.9 Å². The maximum absolute atomic E-state index is 12.4. The second kappa shape index (κ2) is 5.47. The van der Waals surface area contributed by atoms with Crippen LogP contribution in [0.3, 0.4) is 0 Å². The van der Waals surface area contributed by atoms with Gasteiger partial charge in [0.05, 0.1) is 5.56 Å². The largest absolute Gasteiger partial charge is 0.416 e. The summed E-state index contributed by atoms with van der Waals surface area (Å²) < 4.78 is 37.1. The Balaban J connectivity index is 2.01. The zero-order chi connectivity index (χ0) is 13.9. The van der Waals surface area contributed by atoms with Crippen LogP contribution in [0.15, 0.2) is 30.3 Å². The number of nitrogens with zero attached hydrogens (tertiary/aromatic N) is 1. The topological polar surface area (TPSA) is 20.3 Å². The van der Waals surface area contributed by atoms with Gasteiger partial charge in [0.1, 0.15) is 0 Å². The molecular weight excluding hydrogens is 255 g/mol. The van der Waals surface area contributed by atoms with E-state index in [1.807, 2.05) is 0 Å². The van der Waals surface area contributed by atoms with Gasteiger partial charge in [0.15, 0.2) is 0 Å². The molecule has 2 rings (SSSR count). The molecule has 1 heterocycles. The van der Waals surface area contributed by atoms with Gasteiger partial charge in [-0.15, -0.1) is 0 Å². The van der Waals surface area contributed by atoms with Crippen LogP contribution < -0.4 is 0 Å². The number of hydrogen-bond acceptors (Lipinski definition) is 1. The standard InChI is InChI=1S/C14H14F3NO/c15-14(16,17)12-6-3-11(4-7-12)5-8-13(19)18-9-1-2-10-18/h3-8H,1-2,9-10H2. The van der Waals surface area contributed by atoms with E-state index in [2.05, 4.69) is 0 Å². The van der Waals surface area contributed by atoms with E-state index in [4.69, 9.17) is 0 Å². The molecule has 0 aliphatic carbocycles. The third kappa shape index (κ3) is 3.59. The number of rotatable bonds is 2. The monoisotopic (exact) mass is 269 g/mol. The molecular formula is C14H14F3NO. The van der Waals surface area contributed by atoms with Crippen molar-refractivity contribution in [1.82, 2.24) is 4.90 Å². The van der Waals surface area contributed by atoms with Crippen LogP contribution in [0.1, 0.15) is 24.0 Å². The molecule has 0 unspecified atom stereocenters. The highest BCUT2D eigenvalue weighted by Gasteiger charge is 2.29. The highest BCUT2D eigenvalue weighted by atomic mass is 19.4. The molecule has 1 aliphatic heterocycles. The minimum absolute atomic E-state index is 0.0857. The van der Waals surface area contributed by atoms with Crippen LogP contribution in [0, 0.1) is 0 Å². The van der Waals surface area contributed by atoms with Crippen LogP contribution in [0.5, 0.6) is 0 Å². The van der Waals surface area contributed by atoms with Crippen LogP contribution in [0.25, 0.3) is 6.08 Å². The van der Waals surface area contributed by atoms with Crippen molar-refractivity contribution in [2.24, 2.45) is 0 Å². The van der Waals surface area contributed by atoms with Gasteiger partial charge >= 0.3 is 6.18 Å². The molecule has 1 saturated heterocycles. The van der Waals surface area contributed by atoms with Crippen LogP contribution in [-0.2, 0) is 11.0 Å². The maximum atomic E-state index is 12.4. The summed E-state index contributed by atoms with van der Waals surface area (Å²) in [6.45, 7) is 1.52. The third-order valence-corrected chi connectivity index (χ3v) is 3.07. The Hall–Kier alpha value is -1.78. The molecule has 5 heteroatoms. The Kier molecular flexibility index (Phi) is 3.93. The second-order valence-corrected chi connectivity index (χ2v) is 4.49. The molecule has 1 aromatic rings. The molecule has 1 aromatic carbocycles. The first-order valence-corrected chi connectivity index (χ1v) is 6.11. The fourth-order valence-corrected chi connectivity index (χ4v) is 1.99. The number of amides is 1. The van der Waals surface area contributed by atoms with Crippen molar-refractivity contribution in [3.8, 4) is 0 Å². The Labute approximate surface area is 109 Å². The van der Waals surface area contributed by atoms with Gasteiger partial charge in [0.2, 0.25) is 5.91 Å². The van der Waals surface area contributed by atoms with Gasteiger partial charge in [0.25, 0.3) is 0 Å². The number of carbonyl (C=O) groups is 1. The number of hydrogen-bond donors (Lipinski definition) is 0. The lowest BCUT2D eigenvalue weighted by atomic mass is 10.1. The van der Waals surface area contributed by atoms with E-state index in [1.165, 1.54) is 18.2 Å². The fraction of sp³-hybridized carbons (Fsp3) is 0.357. The summed E-state index contributed by atoms with van der Waals surface area (Å²) in [5, 5.41) is 0. The average molecular weight is 269 g/mol. The molecule has 0 bridgehead atoms. The molecule has 0 N–H and O–H groups in total. The van der Waals surface area contributed by atoms with Crippen molar-refractivity contribution in [3.05, 3.63) is 41.5 Å². The average Bonchev–Trinajstić information content (AvgIpc) is 2.89. The van der Waals surface area contributed by atoms with Gasteiger partial charge in [0, 0.05) is 19.2 Å². The smallest absolute Gasteiger partial charge is 0.339 e. The van der Waals surface area contributed by atoms with E-state index in [0.717, 1.165) is 38.1 Å². The maximum Gasteiger partial charge on any atom is 0.416 e. The van der Waals surface area contributed by atoms with Crippen molar-refractivity contribution in [3.63, 3.8) is 0 Å². The molecule has 0 spiro atoms. The Bertz CT molecular complexity index is 470. The molecule has 0 radical (unpaired) electrons. The third-order valence-electron chi connectivity index (χ3n) is 3.07. The number of carbonyl (C=O) groups excluding carboxylic acids is 1. The number of halogens is 3. The number of benzene rings is 1. The van der Waals surface area contributed by atoms with E-state index in [-0.39, 0.29) is 5.91 Å². The summed E-state index contributed by atoms with van der Waals surface area (Å²) in [5.41, 5.74) is -0.101. The predicted octanol–water partition coefficient (Wildman–Crippen LogP) is 3.34. The molecule has 0 saturated carbocycles. The van der Waals surface area contributed by atoms with Crippen molar-refractivity contribution >= 4 is 12.0 Å².